The first-order chi connectivity index (χ1) is 9.10. The molecule has 2 aliphatic rings. The number of hydrogen-bond acceptors (Lipinski definition) is 4. The van der Waals surface area contributed by atoms with Crippen molar-refractivity contribution in [1.82, 2.24) is 15.1 Å². The predicted octanol–water partition coefficient (Wildman–Crippen LogP) is -0.996. The van der Waals surface area contributed by atoms with Crippen molar-refractivity contribution in [2.24, 2.45) is 11.7 Å². The maximum absolute atomic E-state index is 12.2. The summed E-state index contributed by atoms with van der Waals surface area (Å²) in [6.07, 6.45) is 2.77. The Bertz CT molecular complexity index is 348. The van der Waals surface area contributed by atoms with Crippen molar-refractivity contribution in [2.75, 3.05) is 39.8 Å². The Kier molecular flexibility index (Phi) is 4.76. The molecule has 0 aromatic carbocycles. The zero-order chi connectivity index (χ0) is 13.8. The van der Waals surface area contributed by atoms with E-state index in [-0.39, 0.29) is 17.7 Å². The van der Waals surface area contributed by atoms with Crippen LogP contribution in [0.15, 0.2) is 0 Å². The first-order valence-electron chi connectivity index (χ1n) is 7.07. The summed E-state index contributed by atoms with van der Waals surface area (Å²) in [4.78, 5) is 27.4. The molecule has 19 heavy (non-hydrogen) atoms. The van der Waals surface area contributed by atoms with Crippen LogP contribution in [0.2, 0.25) is 0 Å². The molecule has 2 rings (SSSR count). The number of nitrogens with one attached hydrogen (secondary N) is 1. The van der Waals surface area contributed by atoms with Gasteiger partial charge in [-0.3, -0.25) is 14.5 Å². The number of nitrogens with two attached hydrogens (primary N) is 1. The summed E-state index contributed by atoms with van der Waals surface area (Å²) in [6.45, 7) is 3.60. The van der Waals surface area contributed by atoms with E-state index in [0.29, 0.717) is 19.1 Å². The Morgan fingerprint density at radius 1 is 1.26 bits per heavy atom. The van der Waals surface area contributed by atoms with Gasteiger partial charge >= 0.3 is 0 Å². The molecule has 0 radical (unpaired) electrons. The molecular weight excluding hydrogens is 244 g/mol. The third-order valence-electron chi connectivity index (χ3n) is 4.22. The smallest absolute Gasteiger partial charge is 0.236 e. The normalized spacial score (nSPS) is 28.6. The lowest BCUT2D eigenvalue weighted by Gasteiger charge is -2.32. The van der Waals surface area contributed by atoms with Crippen LogP contribution < -0.4 is 11.1 Å². The number of nitrogens with zero attached hydrogens (tertiary/aromatic N) is 2. The van der Waals surface area contributed by atoms with Crippen LogP contribution in [-0.2, 0) is 9.59 Å². The molecule has 2 aliphatic heterocycles. The molecule has 3 N–H and O–H groups in total. The van der Waals surface area contributed by atoms with Gasteiger partial charge in [-0.2, -0.15) is 0 Å². The maximum Gasteiger partial charge on any atom is 0.236 e. The molecule has 0 aromatic heterocycles. The molecule has 108 valence electrons. The van der Waals surface area contributed by atoms with Crippen LogP contribution >= 0.6 is 0 Å². The average Bonchev–Trinajstić information content (AvgIpc) is 2.86. The fourth-order valence-electron chi connectivity index (χ4n) is 2.94. The highest BCUT2D eigenvalue weighted by Gasteiger charge is 2.29. The number of likely N-dealkylation sites (tertiary alicyclic amines) is 2. The zero-order valence-corrected chi connectivity index (χ0v) is 11.6. The SMILES string of the molecule is CNC1CCN(CC(=O)N2CCCC(C(N)=O)C2)C1. The molecule has 6 nitrogen and oxygen atoms in total. The number of hydrogen-bond donors (Lipinski definition) is 2. The second-order valence-corrected chi connectivity index (χ2v) is 5.59. The maximum atomic E-state index is 12.2. The van der Waals surface area contributed by atoms with Crippen LogP contribution in [-0.4, -0.2) is 67.4 Å². The van der Waals surface area contributed by atoms with Gasteiger partial charge in [0.15, 0.2) is 0 Å². The Labute approximate surface area is 114 Å². The van der Waals surface area contributed by atoms with Gasteiger partial charge in [0.25, 0.3) is 0 Å². The third kappa shape index (κ3) is 3.67. The van der Waals surface area contributed by atoms with E-state index >= 15 is 0 Å². The summed E-state index contributed by atoms with van der Waals surface area (Å²) in [5.74, 6) is -0.321. The Hall–Kier alpha value is -1.14. The highest BCUT2D eigenvalue weighted by atomic mass is 16.2. The quantitative estimate of drug-likeness (QED) is 0.686. The number of rotatable bonds is 4. The molecular formula is C13H24N4O2. The molecule has 0 aliphatic carbocycles. The van der Waals surface area contributed by atoms with E-state index in [4.69, 9.17) is 5.73 Å². The molecule has 0 aromatic rings. The molecule has 0 saturated carbocycles. The van der Waals surface area contributed by atoms with E-state index in [9.17, 15) is 9.59 Å². The molecule has 2 fully saturated rings. The van der Waals surface area contributed by atoms with Crippen molar-refractivity contribution in [3.8, 4) is 0 Å². The standard InChI is InChI=1S/C13H24N4O2/c1-15-11-4-6-16(8-11)9-12(18)17-5-2-3-10(7-17)13(14)19/h10-11,15H,2-9H2,1H3,(H2,14,19). The number of amides is 2. The van der Waals surface area contributed by atoms with Crippen LogP contribution in [0.25, 0.3) is 0 Å². The minimum absolute atomic E-state index is 0.128. The molecule has 2 heterocycles. The highest BCUT2D eigenvalue weighted by molar-refractivity contribution is 5.81. The van der Waals surface area contributed by atoms with Gasteiger partial charge in [0, 0.05) is 32.2 Å². The number of likely N-dealkylation sites (N-methyl/N-ethyl adjacent to an activating group) is 1. The van der Waals surface area contributed by atoms with Gasteiger partial charge in [-0.25, -0.2) is 0 Å². The summed E-state index contributed by atoms with van der Waals surface area (Å²) in [5, 5.41) is 3.24. The summed E-state index contributed by atoms with van der Waals surface area (Å²) >= 11 is 0. The van der Waals surface area contributed by atoms with Gasteiger partial charge in [-0.05, 0) is 26.3 Å². The van der Waals surface area contributed by atoms with E-state index in [2.05, 4.69) is 10.2 Å². The van der Waals surface area contributed by atoms with Crippen LogP contribution in [0.1, 0.15) is 19.3 Å². The highest BCUT2D eigenvalue weighted by Crippen LogP contribution is 2.17. The molecule has 0 bridgehead atoms. The fourth-order valence-corrected chi connectivity index (χ4v) is 2.94. The molecule has 0 spiro atoms. The molecule has 2 atom stereocenters. The average molecular weight is 268 g/mol. The largest absolute Gasteiger partial charge is 0.369 e. The Morgan fingerprint density at radius 3 is 2.68 bits per heavy atom. The van der Waals surface area contributed by atoms with Crippen LogP contribution in [0.4, 0.5) is 0 Å². The number of piperidine rings is 1. The number of primary amides is 1. The van der Waals surface area contributed by atoms with Crippen LogP contribution in [0.3, 0.4) is 0 Å². The van der Waals surface area contributed by atoms with Crippen molar-refractivity contribution in [3.63, 3.8) is 0 Å². The molecule has 2 amide bonds. The summed E-state index contributed by atoms with van der Waals surface area (Å²) in [6, 6.07) is 0.493. The minimum atomic E-state index is -0.283. The Balaban J connectivity index is 1.81. The van der Waals surface area contributed by atoms with E-state index in [1.807, 2.05) is 7.05 Å². The second kappa shape index (κ2) is 6.34. The van der Waals surface area contributed by atoms with E-state index in [0.717, 1.165) is 38.9 Å². The van der Waals surface area contributed by atoms with Gasteiger partial charge in [0.2, 0.25) is 11.8 Å². The van der Waals surface area contributed by atoms with Crippen molar-refractivity contribution >= 4 is 11.8 Å². The summed E-state index contributed by atoms with van der Waals surface area (Å²) in [7, 11) is 1.96. The van der Waals surface area contributed by atoms with Crippen molar-refractivity contribution in [2.45, 2.75) is 25.3 Å². The molecule has 6 heteroatoms. The lowest BCUT2D eigenvalue weighted by molar-refractivity contribution is -0.135. The van der Waals surface area contributed by atoms with Gasteiger partial charge in [0.1, 0.15) is 0 Å². The second-order valence-electron chi connectivity index (χ2n) is 5.59. The molecule has 2 unspecified atom stereocenters. The fraction of sp³-hybridized carbons (Fsp3) is 0.846. The van der Waals surface area contributed by atoms with Crippen LogP contribution in [0.5, 0.6) is 0 Å². The lowest BCUT2D eigenvalue weighted by Crippen LogP contribution is -2.47. The summed E-state index contributed by atoms with van der Waals surface area (Å²) < 4.78 is 0. The van der Waals surface area contributed by atoms with E-state index in [1.165, 1.54) is 0 Å². The monoisotopic (exact) mass is 268 g/mol. The van der Waals surface area contributed by atoms with E-state index in [1.54, 1.807) is 4.90 Å². The lowest BCUT2D eigenvalue weighted by atomic mass is 9.97. The first kappa shape index (κ1) is 14.3. The van der Waals surface area contributed by atoms with Crippen molar-refractivity contribution in [3.05, 3.63) is 0 Å². The summed E-state index contributed by atoms with van der Waals surface area (Å²) in [5.41, 5.74) is 5.33. The first-order valence-corrected chi connectivity index (χ1v) is 7.07. The van der Waals surface area contributed by atoms with Crippen LogP contribution in [0, 0.1) is 5.92 Å². The van der Waals surface area contributed by atoms with Gasteiger partial charge in [-0.15, -0.1) is 0 Å². The van der Waals surface area contributed by atoms with Gasteiger partial charge in [-0.1, -0.05) is 0 Å². The van der Waals surface area contributed by atoms with Crippen molar-refractivity contribution < 1.29 is 9.59 Å². The van der Waals surface area contributed by atoms with E-state index < -0.39 is 0 Å². The third-order valence-corrected chi connectivity index (χ3v) is 4.22. The van der Waals surface area contributed by atoms with Gasteiger partial charge in [0.05, 0.1) is 12.5 Å². The number of carbonyl (C=O) groups is 2. The topological polar surface area (TPSA) is 78.7 Å². The zero-order valence-electron chi connectivity index (χ0n) is 11.6. The molecule has 2 saturated heterocycles. The van der Waals surface area contributed by atoms with Crippen molar-refractivity contribution in [1.29, 1.82) is 0 Å². The Morgan fingerprint density at radius 2 is 2.05 bits per heavy atom. The number of carbonyl (C=O) groups excluding carboxylic acids is 2. The predicted molar refractivity (Wildman–Crippen MR) is 72.4 cm³/mol. The van der Waals surface area contributed by atoms with Gasteiger partial charge < -0.3 is 16.0 Å². The minimum Gasteiger partial charge on any atom is -0.369 e.